The summed E-state index contributed by atoms with van der Waals surface area (Å²) in [6, 6.07) is 8.45. The molecule has 0 nitrogen and oxygen atoms in total. The molecule has 0 aliphatic rings. The predicted octanol–water partition coefficient (Wildman–Crippen LogP) is 3.68. The molecule has 0 saturated carbocycles. The highest BCUT2D eigenvalue weighted by molar-refractivity contribution is 5.56. The molecule has 63 valence electrons. The molecule has 1 radical (unpaired) electrons. The monoisotopic (exact) mass is 159 g/mol. The van der Waals surface area contributed by atoms with E-state index in [1.54, 1.807) is 0 Å². The summed E-state index contributed by atoms with van der Waals surface area (Å²) in [5.41, 5.74) is 2.65. The smallest absolute Gasteiger partial charge is 0.000591 e. The van der Waals surface area contributed by atoms with Crippen molar-refractivity contribution in [3.8, 4) is 0 Å². The second-order valence-electron chi connectivity index (χ2n) is 3.09. The van der Waals surface area contributed by atoms with Gasteiger partial charge in [0, 0.05) is 0 Å². The second kappa shape index (κ2) is 4.10. The number of hydrogen-bond acceptors (Lipinski definition) is 0. The number of benzene rings is 1. The van der Waals surface area contributed by atoms with Crippen LogP contribution in [0.2, 0.25) is 0 Å². The van der Waals surface area contributed by atoms with E-state index < -0.39 is 0 Å². The van der Waals surface area contributed by atoms with E-state index in [0.717, 1.165) is 0 Å². The van der Waals surface area contributed by atoms with Crippen molar-refractivity contribution in [1.29, 1.82) is 0 Å². The zero-order valence-electron chi connectivity index (χ0n) is 7.96. The lowest BCUT2D eigenvalue weighted by atomic mass is 9.97. The minimum atomic E-state index is 1.31. The average Bonchev–Trinajstić information content (AvgIpc) is 2.05. The summed E-state index contributed by atoms with van der Waals surface area (Å²) in [7, 11) is 0. The van der Waals surface area contributed by atoms with E-state index in [9.17, 15) is 0 Å². The van der Waals surface area contributed by atoms with Crippen LogP contribution in [0.4, 0.5) is 0 Å². The molecule has 0 atom stereocenters. The molecule has 1 rings (SSSR count). The van der Waals surface area contributed by atoms with E-state index in [-0.39, 0.29) is 0 Å². The first-order valence-corrected chi connectivity index (χ1v) is 4.28. The summed E-state index contributed by atoms with van der Waals surface area (Å²) < 4.78 is 0. The van der Waals surface area contributed by atoms with Crippen LogP contribution in [0.1, 0.15) is 31.9 Å². The van der Waals surface area contributed by atoms with Crippen LogP contribution in [0.5, 0.6) is 0 Å². The molecular weight excluding hydrogens is 144 g/mol. The van der Waals surface area contributed by atoms with Crippen molar-refractivity contribution in [3.05, 3.63) is 47.4 Å². The fourth-order valence-electron chi connectivity index (χ4n) is 1.28. The summed E-state index contributed by atoms with van der Waals surface area (Å²) in [5, 5.41) is 0. The second-order valence-corrected chi connectivity index (χ2v) is 3.09. The van der Waals surface area contributed by atoms with Crippen LogP contribution in [0.3, 0.4) is 0 Å². The van der Waals surface area contributed by atoms with Gasteiger partial charge in [-0.15, -0.1) is 0 Å². The Morgan fingerprint density at radius 3 is 2.42 bits per heavy atom. The van der Waals surface area contributed by atoms with E-state index in [2.05, 4.69) is 50.3 Å². The quantitative estimate of drug-likeness (QED) is 0.617. The summed E-state index contributed by atoms with van der Waals surface area (Å²) in [4.78, 5) is 0. The van der Waals surface area contributed by atoms with Crippen molar-refractivity contribution in [3.63, 3.8) is 0 Å². The van der Waals surface area contributed by atoms with E-state index in [4.69, 9.17) is 0 Å². The van der Waals surface area contributed by atoms with Gasteiger partial charge in [0.05, 0.1) is 0 Å². The van der Waals surface area contributed by atoms with Crippen LogP contribution < -0.4 is 0 Å². The molecule has 0 bridgehead atoms. The summed E-state index contributed by atoms with van der Waals surface area (Å²) in [6.07, 6.45) is 4.21. The maximum Gasteiger partial charge on any atom is -0.000591 e. The van der Waals surface area contributed by atoms with Crippen LogP contribution >= 0.6 is 0 Å². The number of allylic oxidation sites excluding steroid dienone is 1. The normalized spacial score (nSPS) is 11.3. The van der Waals surface area contributed by atoms with E-state index in [0.29, 0.717) is 0 Å². The predicted molar refractivity (Wildman–Crippen MR) is 54.8 cm³/mol. The third-order valence-corrected chi connectivity index (χ3v) is 1.85. The molecule has 0 heterocycles. The fraction of sp³-hybridized carbons (Fsp3) is 0.250. The van der Waals surface area contributed by atoms with E-state index in [1.165, 1.54) is 17.0 Å². The maximum atomic E-state index is 2.16. The Morgan fingerprint density at radius 2 is 1.83 bits per heavy atom. The first-order chi connectivity index (χ1) is 5.75. The highest BCUT2D eigenvalue weighted by atomic mass is 14.1. The zero-order valence-corrected chi connectivity index (χ0v) is 7.96. The van der Waals surface area contributed by atoms with Gasteiger partial charge in [0.15, 0.2) is 0 Å². The molecule has 12 heavy (non-hydrogen) atoms. The van der Waals surface area contributed by atoms with Crippen LogP contribution in [-0.2, 0) is 0 Å². The van der Waals surface area contributed by atoms with Gasteiger partial charge < -0.3 is 0 Å². The minimum absolute atomic E-state index is 1.31. The van der Waals surface area contributed by atoms with Crippen LogP contribution in [0, 0.1) is 5.92 Å². The van der Waals surface area contributed by atoms with Crippen LogP contribution in [0.25, 0.3) is 6.08 Å². The van der Waals surface area contributed by atoms with Crippen molar-refractivity contribution in [2.45, 2.75) is 20.8 Å². The molecule has 0 spiro atoms. The molecule has 1 aromatic carbocycles. The highest BCUT2D eigenvalue weighted by Gasteiger charge is 2.01. The van der Waals surface area contributed by atoms with Crippen molar-refractivity contribution in [1.82, 2.24) is 0 Å². The molecular formula is C12H15. The van der Waals surface area contributed by atoms with Gasteiger partial charge in [-0.1, -0.05) is 50.3 Å². The zero-order chi connectivity index (χ0) is 8.97. The Morgan fingerprint density at radius 1 is 1.17 bits per heavy atom. The highest BCUT2D eigenvalue weighted by Crippen LogP contribution is 2.19. The summed E-state index contributed by atoms with van der Waals surface area (Å²) >= 11 is 0. The Labute approximate surface area is 74.9 Å². The lowest BCUT2D eigenvalue weighted by Gasteiger charge is -2.07. The lowest BCUT2D eigenvalue weighted by Crippen LogP contribution is -1.91. The Balaban J connectivity index is 3.08. The van der Waals surface area contributed by atoms with Gasteiger partial charge >= 0.3 is 0 Å². The van der Waals surface area contributed by atoms with Gasteiger partial charge in [0.25, 0.3) is 0 Å². The van der Waals surface area contributed by atoms with Crippen molar-refractivity contribution < 1.29 is 0 Å². The molecule has 0 amide bonds. The molecule has 1 aromatic rings. The summed E-state index contributed by atoms with van der Waals surface area (Å²) in [6.45, 7) is 6.33. The lowest BCUT2D eigenvalue weighted by molar-refractivity contribution is 1.14. The first-order valence-electron chi connectivity index (χ1n) is 4.28. The van der Waals surface area contributed by atoms with Gasteiger partial charge in [0.1, 0.15) is 0 Å². The third-order valence-electron chi connectivity index (χ3n) is 1.85. The van der Waals surface area contributed by atoms with Gasteiger partial charge in [0.2, 0.25) is 0 Å². The van der Waals surface area contributed by atoms with Gasteiger partial charge in [-0.05, 0) is 24.0 Å². The Hall–Kier alpha value is -1.04. The largest absolute Gasteiger partial charge is 0.0871 e. The van der Waals surface area contributed by atoms with Crippen LogP contribution in [-0.4, -0.2) is 0 Å². The molecule has 0 aliphatic carbocycles. The van der Waals surface area contributed by atoms with Crippen molar-refractivity contribution in [2.75, 3.05) is 0 Å². The molecule has 0 aromatic heterocycles. The molecule has 0 N–H and O–H groups in total. The fourth-order valence-corrected chi connectivity index (χ4v) is 1.28. The SMILES string of the molecule is CC=Cc1ccccc1[C](C)C. The van der Waals surface area contributed by atoms with Gasteiger partial charge in [-0.25, -0.2) is 0 Å². The van der Waals surface area contributed by atoms with E-state index in [1.807, 2.05) is 6.92 Å². The molecule has 0 aliphatic heterocycles. The maximum absolute atomic E-state index is 2.16. The Kier molecular flexibility index (Phi) is 3.09. The molecule has 0 heteroatoms. The number of rotatable bonds is 2. The molecule has 0 fully saturated rings. The molecule has 0 unspecified atom stereocenters. The van der Waals surface area contributed by atoms with E-state index >= 15 is 0 Å². The third kappa shape index (κ3) is 1.97. The topological polar surface area (TPSA) is 0 Å². The van der Waals surface area contributed by atoms with Gasteiger partial charge in [-0.3, -0.25) is 0 Å². The Bertz CT molecular complexity index is 269. The molecule has 0 saturated heterocycles. The van der Waals surface area contributed by atoms with Crippen molar-refractivity contribution >= 4 is 6.08 Å². The first kappa shape index (κ1) is 9.05. The summed E-state index contributed by atoms with van der Waals surface area (Å²) in [5.74, 6) is 1.36. The average molecular weight is 159 g/mol. The standard InChI is InChI=1S/C12H15/c1-4-7-11-8-5-6-9-12(11)10(2)3/h4-9H,1-3H3. The minimum Gasteiger partial charge on any atom is -0.0871 e. The number of hydrogen-bond donors (Lipinski definition) is 0. The van der Waals surface area contributed by atoms with Gasteiger partial charge in [-0.2, -0.15) is 0 Å². The van der Waals surface area contributed by atoms with Crippen molar-refractivity contribution in [2.24, 2.45) is 0 Å². The van der Waals surface area contributed by atoms with Crippen LogP contribution in [0.15, 0.2) is 30.3 Å².